The number of para-hydroxylation sites is 1. The number of nitrogens with zero attached hydrogens (tertiary/aromatic N) is 1. The lowest BCUT2D eigenvalue weighted by molar-refractivity contribution is -0.115. The van der Waals surface area contributed by atoms with Crippen LogP contribution in [0.1, 0.15) is 6.42 Å². The van der Waals surface area contributed by atoms with Crippen molar-refractivity contribution in [3.63, 3.8) is 0 Å². The van der Waals surface area contributed by atoms with E-state index >= 15 is 0 Å². The van der Waals surface area contributed by atoms with Crippen molar-refractivity contribution in [3.8, 4) is 17.6 Å². The lowest BCUT2D eigenvalue weighted by Gasteiger charge is -2.11. The van der Waals surface area contributed by atoms with Gasteiger partial charge < -0.3 is 10.1 Å². The van der Waals surface area contributed by atoms with Gasteiger partial charge in [0.2, 0.25) is 5.91 Å². The third-order valence-corrected chi connectivity index (χ3v) is 2.43. The first-order valence-electron chi connectivity index (χ1n) is 5.88. The molecule has 0 bridgehead atoms. The molecule has 1 N–H and O–H groups in total. The van der Waals surface area contributed by atoms with Crippen LogP contribution in [0.3, 0.4) is 0 Å². The highest BCUT2D eigenvalue weighted by molar-refractivity contribution is 5.93. The first-order chi connectivity index (χ1) is 9.69. The first kappa shape index (κ1) is 13.6. The molecule has 0 aliphatic carbocycles. The number of hydrogen-bond acceptors (Lipinski definition) is 3. The van der Waals surface area contributed by atoms with E-state index in [0.717, 1.165) is 6.07 Å². The van der Waals surface area contributed by atoms with Crippen LogP contribution >= 0.6 is 0 Å². The Kier molecular flexibility index (Phi) is 4.30. The van der Waals surface area contributed by atoms with Crippen LogP contribution < -0.4 is 10.1 Å². The summed E-state index contributed by atoms with van der Waals surface area (Å²) in [6, 6.07) is 14.4. The molecule has 1 amide bonds. The zero-order chi connectivity index (χ0) is 14.4. The van der Waals surface area contributed by atoms with Gasteiger partial charge in [0.15, 0.2) is 5.75 Å². The van der Waals surface area contributed by atoms with Gasteiger partial charge in [0.25, 0.3) is 0 Å². The van der Waals surface area contributed by atoms with Crippen molar-refractivity contribution in [2.75, 3.05) is 5.32 Å². The Morgan fingerprint density at radius 2 is 2.00 bits per heavy atom. The molecule has 0 aliphatic heterocycles. The molecule has 0 saturated heterocycles. The van der Waals surface area contributed by atoms with Gasteiger partial charge in [0.1, 0.15) is 18.0 Å². The highest BCUT2D eigenvalue weighted by Crippen LogP contribution is 2.30. The lowest BCUT2D eigenvalue weighted by atomic mass is 10.2. The Labute approximate surface area is 115 Å². The summed E-state index contributed by atoms with van der Waals surface area (Å²) >= 11 is 0. The molecule has 2 rings (SSSR count). The minimum absolute atomic E-state index is 0.189. The van der Waals surface area contributed by atoms with Crippen molar-refractivity contribution in [2.45, 2.75) is 6.42 Å². The van der Waals surface area contributed by atoms with Crippen molar-refractivity contribution < 1.29 is 13.9 Å². The van der Waals surface area contributed by atoms with Gasteiger partial charge in [-0.05, 0) is 24.3 Å². The number of rotatable bonds is 4. The summed E-state index contributed by atoms with van der Waals surface area (Å²) in [5.74, 6) is -0.146. The van der Waals surface area contributed by atoms with Gasteiger partial charge in [0.05, 0.1) is 11.8 Å². The maximum atomic E-state index is 13.3. The van der Waals surface area contributed by atoms with Crippen LogP contribution in [0.4, 0.5) is 10.1 Å². The molecular formula is C15H11FN2O2. The topological polar surface area (TPSA) is 62.1 Å². The van der Waals surface area contributed by atoms with Gasteiger partial charge in [-0.15, -0.1) is 0 Å². The maximum absolute atomic E-state index is 13.3. The van der Waals surface area contributed by atoms with E-state index in [2.05, 4.69) is 5.32 Å². The van der Waals surface area contributed by atoms with E-state index in [1.165, 1.54) is 12.1 Å². The highest BCUT2D eigenvalue weighted by Gasteiger charge is 2.10. The van der Waals surface area contributed by atoms with E-state index in [0.29, 0.717) is 11.5 Å². The Morgan fingerprint density at radius 3 is 2.70 bits per heavy atom. The van der Waals surface area contributed by atoms with E-state index in [4.69, 9.17) is 10.00 Å². The average molecular weight is 270 g/mol. The zero-order valence-corrected chi connectivity index (χ0v) is 10.5. The Balaban J connectivity index is 2.24. The van der Waals surface area contributed by atoms with Crippen LogP contribution in [0.25, 0.3) is 0 Å². The summed E-state index contributed by atoms with van der Waals surface area (Å²) in [6.45, 7) is 0. The van der Waals surface area contributed by atoms with Crippen LogP contribution in [-0.4, -0.2) is 5.91 Å². The number of ether oxygens (including phenoxy) is 1. The molecule has 5 heteroatoms. The number of hydrogen-bond donors (Lipinski definition) is 1. The fourth-order valence-electron chi connectivity index (χ4n) is 1.57. The summed E-state index contributed by atoms with van der Waals surface area (Å²) < 4.78 is 18.8. The number of carbonyl (C=O) groups is 1. The van der Waals surface area contributed by atoms with E-state index in [9.17, 15) is 9.18 Å². The molecule has 100 valence electrons. The molecule has 0 heterocycles. The lowest BCUT2D eigenvalue weighted by Crippen LogP contribution is -2.11. The molecule has 0 fully saturated rings. The van der Waals surface area contributed by atoms with Crippen molar-refractivity contribution in [1.29, 1.82) is 5.26 Å². The molecule has 0 radical (unpaired) electrons. The van der Waals surface area contributed by atoms with Crippen LogP contribution in [0.15, 0.2) is 48.5 Å². The Morgan fingerprint density at radius 1 is 1.25 bits per heavy atom. The number of nitrogens with one attached hydrogen (secondary N) is 1. The summed E-state index contributed by atoms with van der Waals surface area (Å²) in [6.07, 6.45) is -0.304. The van der Waals surface area contributed by atoms with Crippen LogP contribution in [0.5, 0.6) is 11.5 Å². The SMILES string of the molecule is N#CCC(=O)Nc1cc(F)ccc1Oc1ccccc1. The Bertz CT molecular complexity index is 651. The van der Waals surface area contributed by atoms with Crippen LogP contribution in [0.2, 0.25) is 0 Å². The molecule has 20 heavy (non-hydrogen) atoms. The van der Waals surface area contributed by atoms with Gasteiger partial charge in [-0.1, -0.05) is 18.2 Å². The number of amides is 1. The van der Waals surface area contributed by atoms with Crippen molar-refractivity contribution >= 4 is 11.6 Å². The van der Waals surface area contributed by atoms with Crippen molar-refractivity contribution in [3.05, 3.63) is 54.3 Å². The third-order valence-electron chi connectivity index (χ3n) is 2.43. The van der Waals surface area contributed by atoms with Gasteiger partial charge >= 0.3 is 0 Å². The van der Waals surface area contributed by atoms with E-state index in [1.54, 1.807) is 30.3 Å². The fraction of sp³-hybridized carbons (Fsp3) is 0.0667. The minimum Gasteiger partial charge on any atom is -0.455 e. The van der Waals surface area contributed by atoms with Crippen LogP contribution in [-0.2, 0) is 4.79 Å². The summed E-state index contributed by atoms with van der Waals surface area (Å²) in [4.78, 5) is 11.4. The highest BCUT2D eigenvalue weighted by atomic mass is 19.1. The molecule has 0 atom stereocenters. The summed E-state index contributed by atoms with van der Waals surface area (Å²) in [5.41, 5.74) is 0.189. The van der Waals surface area contributed by atoms with Gasteiger partial charge in [-0.3, -0.25) is 4.79 Å². The normalized spacial score (nSPS) is 9.60. The molecule has 2 aromatic rings. The molecule has 2 aromatic carbocycles. The summed E-state index contributed by atoms with van der Waals surface area (Å²) in [7, 11) is 0. The summed E-state index contributed by atoms with van der Waals surface area (Å²) in [5, 5.41) is 10.9. The molecule has 0 saturated carbocycles. The maximum Gasteiger partial charge on any atom is 0.238 e. The minimum atomic E-state index is -0.518. The van der Waals surface area contributed by atoms with Gasteiger partial charge in [-0.2, -0.15) is 5.26 Å². The molecule has 0 unspecified atom stereocenters. The molecule has 0 aromatic heterocycles. The van der Waals surface area contributed by atoms with E-state index in [-0.39, 0.29) is 12.1 Å². The molecule has 4 nitrogen and oxygen atoms in total. The first-order valence-corrected chi connectivity index (χ1v) is 5.88. The fourth-order valence-corrected chi connectivity index (χ4v) is 1.57. The quantitative estimate of drug-likeness (QED) is 0.925. The zero-order valence-electron chi connectivity index (χ0n) is 10.5. The number of halogens is 1. The number of anilines is 1. The van der Waals surface area contributed by atoms with Gasteiger partial charge in [-0.25, -0.2) is 4.39 Å². The van der Waals surface area contributed by atoms with Crippen molar-refractivity contribution in [2.24, 2.45) is 0 Å². The number of nitriles is 1. The number of benzene rings is 2. The van der Waals surface area contributed by atoms with Gasteiger partial charge in [0, 0.05) is 6.07 Å². The average Bonchev–Trinajstić information content (AvgIpc) is 2.43. The molecule has 0 aliphatic rings. The smallest absolute Gasteiger partial charge is 0.238 e. The van der Waals surface area contributed by atoms with Crippen LogP contribution in [0, 0.1) is 17.1 Å². The molecule has 0 spiro atoms. The Hall–Kier alpha value is -2.87. The second kappa shape index (κ2) is 6.34. The standard InChI is InChI=1S/C15H11FN2O2/c16-11-6-7-14(20-12-4-2-1-3-5-12)13(10-11)18-15(19)8-9-17/h1-7,10H,8H2,(H,18,19). The largest absolute Gasteiger partial charge is 0.455 e. The van der Waals surface area contributed by atoms with E-state index < -0.39 is 11.7 Å². The van der Waals surface area contributed by atoms with Crippen molar-refractivity contribution in [1.82, 2.24) is 0 Å². The molecular weight excluding hydrogens is 259 g/mol. The number of carbonyl (C=O) groups excluding carboxylic acids is 1. The third kappa shape index (κ3) is 3.56. The predicted molar refractivity (Wildman–Crippen MR) is 71.8 cm³/mol. The second-order valence-corrected chi connectivity index (χ2v) is 3.94. The van der Waals surface area contributed by atoms with E-state index in [1.807, 2.05) is 6.07 Å². The predicted octanol–water partition coefficient (Wildman–Crippen LogP) is 3.47. The second-order valence-electron chi connectivity index (χ2n) is 3.94. The monoisotopic (exact) mass is 270 g/mol.